The molecule has 0 spiro atoms. The van der Waals surface area contributed by atoms with Crippen LogP contribution in [0.25, 0.3) is 0 Å². The molecule has 10 N–H and O–H groups in total. The van der Waals surface area contributed by atoms with Crippen LogP contribution in [0.2, 0.25) is 0 Å². The normalized spacial score (nSPS) is 13.5. The minimum Gasteiger partial charge on any atom is -0.550 e. The molecule has 2 aliphatic heterocycles. The molecular formula is C50H62N12O16Zn2. The molecule has 4 heterocycles. The van der Waals surface area contributed by atoms with Crippen molar-refractivity contribution in [3.63, 3.8) is 0 Å². The van der Waals surface area contributed by atoms with Crippen molar-refractivity contribution in [3.8, 4) is 23.0 Å². The van der Waals surface area contributed by atoms with Crippen LogP contribution in [0.15, 0.2) is 117 Å². The molecule has 0 bridgehead atoms. The van der Waals surface area contributed by atoms with Crippen LogP contribution < -0.4 is 50.2 Å². The maximum atomic E-state index is 8.89. The number of carboxylic acid groups (broad SMARTS) is 4. The van der Waals surface area contributed by atoms with E-state index >= 15 is 0 Å². The number of fused-ring (bicyclic) bond motifs is 6. The van der Waals surface area contributed by atoms with Crippen molar-refractivity contribution in [1.82, 2.24) is 29.7 Å². The third kappa shape index (κ3) is 28.8. The maximum absolute atomic E-state index is 8.89. The van der Waals surface area contributed by atoms with E-state index in [0.717, 1.165) is 87.1 Å². The largest absolute Gasteiger partial charge is 2.00 e. The zero-order valence-corrected chi connectivity index (χ0v) is 50.3. The van der Waals surface area contributed by atoms with Gasteiger partial charge in [-0.2, -0.15) is 29.8 Å². The van der Waals surface area contributed by atoms with Crippen LogP contribution >= 0.6 is 0 Å². The summed E-state index contributed by atoms with van der Waals surface area (Å²) in [6, 6.07) is 31.0. The van der Waals surface area contributed by atoms with Crippen molar-refractivity contribution in [1.29, 1.82) is 0 Å². The van der Waals surface area contributed by atoms with Gasteiger partial charge in [-0.15, -0.1) is 20.4 Å². The van der Waals surface area contributed by atoms with E-state index in [9.17, 15) is 0 Å². The fraction of sp³-hybridized carbons (Fsp3) is 0.280. The summed E-state index contributed by atoms with van der Waals surface area (Å²) in [7, 11) is 0. The molecule has 6 aromatic rings. The van der Waals surface area contributed by atoms with Crippen LogP contribution in [0.4, 0.5) is 11.9 Å². The summed E-state index contributed by atoms with van der Waals surface area (Å²) in [5, 5.41) is 72.0. The molecule has 0 saturated carbocycles. The SMILES string of the molecule is C1=N/Nc2nnc(CCc3nnc4n3/N=C/c3ccccc3OCCCCOc3ccccc3/C=N/N4)n2/N=C/c2ccccc2OCCCCOc2ccccc2/1.CC(=O)[O-].CC(=O)[O-].CC(=O)[O-].CC(=O)[O-].O.O.O.O.[Zn+2].[Zn+2]. The van der Waals surface area contributed by atoms with Gasteiger partial charge in [-0.3, -0.25) is 0 Å². The van der Waals surface area contributed by atoms with Crippen molar-refractivity contribution in [3.05, 3.63) is 131 Å². The number of ether oxygens (including phenoxy) is 4. The Kier molecular flexibility index (Phi) is 40.4. The molecule has 0 radical (unpaired) electrons. The summed E-state index contributed by atoms with van der Waals surface area (Å²) in [6.07, 6.45) is 10.9. The number of aryl methyl sites for hydroxylation is 2. The van der Waals surface area contributed by atoms with Gasteiger partial charge in [0.1, 0.15) is 23.0 Å². The number of nitrogens with one attached hydrogen (secondary N) is 2. The van der Waals surface area contributed by atoms with Gasteiger partial charge in [0.05, 0.1) is 51.3 Å². The van der Waals surface area contributed by atoms with E-state index in [1.54, 1.807) is 34.2 Å². The summed E-state index contributed by atoms with van der Waals surface area (Å²) in [5.41, 5.74) is 9.27. The number of anilines is 2. The number of carbonyl (C=O) groups is 4. The van der Waals surface area contributed by atoms with E-state index in [4.69, 9.17) is 68.8 Å². The first-order valence-electron chi connectivity index (χ1n) is 22.8. The zero-order valence-electron chi connectivity index (χ0n) is 44.4. The van der Waals surface area contributed by atoms with Gasteiger partial charge in [-0.1, -0.05) is 48.5 Å². The van der Waals surface area contributed by atoms with Crippen LogP contribution in [0.3, 0.4) is 0 Å². The van der Waals surface area contributed by atoms with Crippen molar-refractivity contribution in [2.45, 2.75) is 66.2 Å². The number of para-hydroxylation sites is 4. The van der Waals surface area contributed by atoms with E-state index in [1.807, 2.05) is 97.1 Å². The third-order valence-corrected chi connectivity index (χ3v) is 9.13. The fourth-order valence-electron chi connectivity index (χ4n) is 6.11. The number of carboxylic acids is 4. The number of nitrogens with zero attached hydrogens (tertiary/aromatic N) is 10. The van der Waals surface area contributed by atoms with E-state index in [2.05, 4.69) is 41.4 Å². The molecule has 4 aromatic carbocycles. The first kappa shape index (κ1) is 75.8. The Balaban J connectivity index is -0.00000240. The number of hydrazone groups is 2. The molecule has 0 fully saturated rings. The second-order valence-corrected chi connectivity index (χ2v) is 15.2. The van der Waals surface area contributed by atoms with Gasteiger partial charge in [-0.05, 0) is 102 Å². The second kappa shape index (κ2) is 42.6. The van der Waals surface area contributed by atoms with Gasteiger partial charge in [0.2, 0.25) is 0 Å². The Morgan fingerprint density at radius 2 is 0.662 bits per heavy atom. The summed E-state index contributed by atoms with van der Waals surface area (Å²) in [6.45, 7) is 6.07. The van der Waals surface area contributed by atoms with E-state index in [0.29, 0.717) is 74.3 Å². The smallest absolute Gasteiger partial charge is 0.550 e. The number of aromatic nitrogens is 6. The molecule has 2 aliphatic rings. The molecule has 28 nitrogen and oxygen atoms in total. The predicted molar refractivity (Wildman–Crippen MR) is 279 cm³/mol. The summed E-state index contributed by atoms with van der Waals surface area (Å²) in [5.74, 6) is 0.266. The Morgan fingerprint density at radius 1 is 0.425 bits per heavy atom. The number of hydrogen-bond acceptors (Lipinski definition) is 22. The van der Waals surface area contributed by atoms with Crippen LogP contribution in [0, 0.1) is 0 Å². The Hall–Kier alpha value is -8.39. The van der Waals surface area contributed by atoms with Gasteiger partial charge in [0.15, 0.2) is 11.6 Å². The quantitative estimate of drug-likeness (QED) is 0.183. The number of hydrogen-bond donors (Lipinski definition) is 2. The number of carbonyl (C=O) groups excluding carboxylic acids is 4. The fourth-order valence-corrected chi connectivity index (χ4v) is 6.11. The van der Waals surface area contributed by atoms with Crippen molar-refractivity contribution in [2.75, 3.05) is 37.3 Å². The molecule has 0 aliphatic carbocycles. The third-order valence-electron chi connectivity index (χ3n) is 9.13. The first-order valence-corrected chi connectivity index (χ1v) is 22.8. The van der Waals surface area contributed by atoms with E-state index in [1.165, 1.54) is 0 Å². The first-order chi connectivity index (χ1) is 35.7. The standard InChI is InChI=1S/C42H42N12O4.4C2H4O2.4H2O.2Zn/c1-5-17-35-31(13-1)27-43-49-41-51-47-39(53(41)45-29-33-15-3-7-19-37(33)57-25-11-9-23-55-35)21-22-40-48-52-42-50-44-28-32-14-2-6-18-36(32)56-24-10-12-26-58-38-20-8-4-16-34(38)30-46-54(40)42;4*1-2(3)4;;;;;;/h1-8,13-20,27-30H,9-12,21-26H2,(H,49,51)(H,50,52);4*1H3,(H,3,4);4*1H2;;/q;;;;;;;;;2*+2/p-4/b43-27+,44-28+,45-29+,46-30+;;;;;;;;;;. The van der Waals surface area contributed by atoms with Gasteiger partial charge in [0, 0.05) is 59.0 Å². The molecule has 0 saturated heterocycles. The van der Waals surface area contributed by atoms with E-state index < -0.39 is 23.9 Å². The summed E-state index contributed by atoms with van der Waals surface area (Å²) in [4.78, 5) is 35.6. The molecule has 422 valence electrons. The van der Waals surface area contributed by atoms with Crippen LogP contribution in [0.5, 0.6) is 23.0 Å². The van der Waals surface area contributed by atoms with E-state index in [-0.39, 0.29) is 60.9 Å². The Bertz CT molecular complexity index is 2650. The Labute approximate surface area is 485 Å². The molecular weight excluding hydrogens is 1160 g/mol. The molecule has 80 heavy (non-hydrogen) atoms. The molecule has 0 atom stereocenters. The average Bonchev–Trinajstić information content (AvgIpc) is 3.93. The van der Waals surface area contributed by atoms with Crippen molar-refractivity contribution >= 4 is 60.6 Å². The number of rotatable bonds is 3. The molecule has 0 unspecified atom stereocenters. The maximum Gasteiger partial charge on any atom is 2.00 e. The topological polar surface area (TPSA) is 458 Å². The average molecular weight is 1220 g/mol. The molecule has 0 amide bonds. The number of benzene rings is 4. The number of aliphatic carboxylic acids is 4. The van der Waals surface area contributed by atoms with Crippen LogP contribution in [-0.4, -0.2) is 127 Å². The summed E-state index contributed by atoms with van der Waals surface area (Å²) < 4.78 is 27.7. The molecule has 2 aromatic heterocycles. The molecule has 8 rings (SSSR count). The minimum atomic E-state index is -1.08. The monoisotopic (exact) mass is 1210 g/mol. The van der Waals surface area contributed by atoms with Gasteiger partial charge >= 0.3 is 39.0 Å². The van der Waals surface area contributed by atoms with Crippen molar-refractivity contribution < 1.29 is 119 Å². The second-order valence-electron chi connectivity index (χ2n) is 15.2. The van der Waals surface area contributed by atoms with Crippen LogP contribution in [-0.2, 0) is 71.0 Å². The van der Waals surface area contributed by atoms with Gasteiger partial charge in [0.25, 0.3) is 11.9 Å². The predicted octanol–water partition coefficient (Wildman–Crippen LogP) is -1.86. The van der Waals surface area contributed by atoms with Crippen LogP contribution in [0.1, 0.15) is 87.3 Å². The van der Waals surface area contributed by atoms with Crippen molar-refractivity contribution in [2.24, 2.45) is 20.4 Å². The summed E-state index contributed by atoms with van der Waals surface area (Å²) >= 11 is 0. The molecule has 30 heteroatoms. The minimum absolute atomic E-state index is 0. The zero-order chi connectivity index (χ0) is 53.5. The Morgan fingerprint density at radius 3 is 0.925 bits per heavy atom. The van der Waals surface area contributed by atoms with Gasteiger partial charge < -0.3 is 80.5 Å². The van der Waals surface area contributed by atoms with Gasteiger partial charge in [-0.25, -0.2) is 10.9 Å².